The summed E-state index contributed by atoms with van der Waals surface area (Å²) in [6.07, 6.45) is 0. The van der Waals surface area contributed by atoms with E-state index in [1.54, 1.807) is 6.07 Å². The lowest BCUT2D eigenvalue weighted by molar-refractivity contribution is 0.324. The van der Waals surface area contributed by atoms with Gasteiger partial charge in [-0.1, -0.05) is 0 Å². The first-order chi connectivity index (χ1) is 6.69. The Morgan fingerprint density at radius 2 is 1.93 bits per heavy atom. The van der Waals surface area contributed by atoms with E-state index in [0.717, 1.165) is 12.1 Å². The minimum atomic E-state index is -0.851. The zero-order valence-corrected chi connectivity index (χ0v) is 7.81. The third kappa shape index (κ3) is 2.33. The number of hydrogen-bond acceptors (Lipinski definition) is 2. The van der Waals surface area contributed by atoms with Crippen LogP contribution in [0, 0.1) is 23.0 Å². The summed E-state index contributed by atoms with van der Waals surface area (Å²) >= 11 is 5.40. The number of rotatable bonds is 3. The summed E-state index contributed by atoms with van der Waals surface area (Å²) in [4.78, 5) is 0. The Balaban J connectivity index is 3.00. The van der Waals surface area contributed by atoms with Gasteiger partial charge < -0.3 is 4.74 Å². The molecule has 0 aliphatic carbocycles. The zero-order chi connectivity index (χ0) is 10.6. The second-order valence-corrected chi connectivity index (χ2v) is 2.74. The molecule has 0 spiro atoms. The normalized spacial score (nSPS) is 9.57. The van der Waals surface area contributed by atoms with Crippen molar-refractivity contribution in [3.8, 4) is 11.8 Å². The van der Waals surface area contributed by atoms with Crippen LogP contribution in [-0.4, -0.2) is 6.61 Å². The summed E-state index contributed by atoms with van der Waals surface area (Å²) in [6, 6.07) is 3.76. The van der Waals surface area contributed by atoms with Crippen molar-refractivity contribution in [1.29, 1.82) is 5.26 Å². The van der Waals surface area contributed by atoms with Crippen molar-refractivity contribution < 1.29 is 13.5 Å². The number of ether oxygens (including phenoxy) is 1. The number of hydrogen-bond donors (Lipinski definition) is 0. The second kappa shape index (κ2) is 4.77. The molecule has 0 bridgehead atoms. The van der Waals surface area contributed by atoms with Gasteiger partial charge in [0.15, 0.2) is 24.0 Å². The highest BCUT2D eigenvalue weighted by Crippen LogP contribution is 2.23. The Kier molecular flexibility index (Phi) is 3.66. The predicted octanol–water partition coefficient (Wildman–Crippen LogP) is 2.61. The molecular weight excluding hydrogens is 212 g/mol. The van der Waals surface area contributed by atoms with E-state index >= 15 is 0 Å². The molecule has 1 rings (SSSR count). The molecule has 0 radical (unpaired) electrons. The molecule has 0 N–H and O–H groups in total. The standard InChI is InChI=1S/C9H6ClF2NO/c10-5-6-3-7(11)9(8(12)4-6)14-2-1-13/h3-4H,2,5H2. The lowest BCUT2D eigenvalue weighted by atomic mass is 10.2. The van der Waals surface area contributed by atoms with E-state index in [4.69, 9.17) is 16.9 Å². The molecule has 0 fully saturated rings. The van der Waals surface area contributed by atoms with Gasteiger partial charge in [-0.2, -0.15) is 5.26 Å². The lowest BCUT2D eigenvalue weighted by Gasteiger charge is -2.05. The van der Waals surface area contributed by atoms with E-state index in [1.165, 1.54) is 0 Å². The Bertz CT molecular complexity index is 353. The molecule has 0 aliphatic heterocycles. The van der Waals surface area contributed by atoms with E-state index in [2.05, 4.69) is 4.74 Å². The fourth-order valence-corrected chi connectivity index (χ4v) is 1.09. The first-order valence-corrected chi connectivity index (χ1v) is 4.26. The molecule has 0 aliphatic rings. The largest absolute Gasteiger partial charge is 0.473 e. The molecule has 0 saturated heterocycles. The predicted molar refractivity (Wildman–Crippen MR) is 47.0 cm³/mol. The van der Waals surface area contributed by atoms with Gasteiger partial charge in [-0.15, -0.1) is 11.6 Å². The zero-order valence-electron chi connectivity index (χ0n) is 7.06. The molecule has 0 amide bonds. The van der Waals surface area contributed by atoms with E-state index in [1.807, 2.05) is 0 Å². The Hall–Kier alpha value is -1.34. The van der Waals surface area contributed by atoms with Gasteiger partial charge in [0.2, 0.25) is 0 Å². The van der Waals surface area contributed by atoms with Crippen LogP contribution in [0.2, 0.25) is 0 Å². The highest BCUT2D eigenvalue weighted by Gasteiger charge is 2.11. The van der Waals surface area contributed by atoms with Crippen molar-refractivity contribution in [3.05, 3.63) is 29.3 Å². The number of halogens is 3. The first-order valence-electron chi connectivity index (χ1n) is 3.72. The number of nitrogens with zero attached hydrogens (tertiary/aromatic N) is 1. The van der Waals surface area contributed by atoms with E-state index in [0.29, 0.717) is 5.56 Å². The van der Waals surface area contributed by atoms with Gasteiger partial charge in [0.05, 0.1) is 0 Å². The maximum Gasteiger partial charge on any atom is 0.192 e. The highest BCUT2D eigenvalue weighted by molar-refractivity contribution is 6.17. The third-order valence-corrected chi connectivity index (χ3v) is 1.80. The quantitative estimate of drug-likeness (QED) is 0.729. The number of alkyl halides is 1. The Labute approximate surface area is 84.7 Å². The smallest absolute Gasteiger partial charge is 0.192 e. The van der Waals surface area contributed by atoms with Gasteiger partial charge in [-0.25, -0.2) is 8.78 Å². The minimum Gasteiger partial charge on any atom is -0.473 e. The topological polar surface area (TPSA) is 33.0 Å². The Morgan fingerprint density at radius 3 is 2.36 bits per heavy atom. The lowest BCUT2D eigenvalue weighted by Crippen LogP contribution is -2.00. The van der Waals surface area contributed by atoms with Crippen LogP contribution < -0.4 is 4.74 Å². The van der Waals surface area contributed by atoms with Crippen molar-refractivity contribution in [1.82, 2.24) is 0 Å². The molecule has 74 valence electrons. The van der Waals surface area contributed by atoms with E-state index in [-0.39, 0.29) is 5.88 Å². The van der Waals surface area contributed by atoms with Crippen LogP contribution in [-0.2, 0) is 5.88 Å². The van der Waals surface area contributed by atoms with Crippen LogP contribution in [0.5, 0.6) is 5.75 Å². The van der Waals surface area contributed by atoms with Crippen LogP contribution >= 0.6 is 11.6 Å². The summed E-state index contributed by atoms with van der Waals surface area (Å²) in [7, 11) is 0. The second-order valence-electron chi connectivity index (χ2n) is 2.47. The van der Waals surface area contributed by atoms with Crippen molar-refractivity contribution in [3.63, 3.8) is 0 Å². The Morgan fingerprint density at radius 1 is 1.36 bits per heavy atom. The van der Waals surface area contributed by atoms with Crippen LogP contribution in [0.1, 0.15) is 5.56 Å². The van der Waals surface area contributed by atoms with Gasteiger partial charge in [-0.3, -0.25) is 0 Å². The van der Waals surface area contributed by atoms with Crippen molar-refractivity contribution in [2.75, 3.05) is 6.61 Å². The molecule has 0 atom stereocenters. The van der Waals surface area contributed by atoms with Gasteiger partial charge in [-0.05, 0) is 17.7 Å². The summed E-state index contributed by atoms with van der Waals surface area (Å²) in [6.45, 7) is -0.395. The number of nitriles is 1. The fraction of sp³-hybridized carbons (Fsp3) is 0.222. The van der Waals surface area contributed by atoms with Crippen molar-refractivity contribution in [2.45, 2.75) is 5.88 Å². The molecule has 0 aromatic heterocycles. The highest BCUT2D eigenvalue weighted by atomic mass is 35.5. The average molecular weight is 218 g/mol. The number of benzene rings is 1. The minimum absolute atomic E-state index is 0.0202. The van der Waals surface area contributed by atoms with Crippen LogP contribution in [0.3, 0.4) is 0 Å². The summed E-state index contributed by atoms with van der Waals surface area (Å²) < 4.78 is 30.7. The molecule has 1 aromatic rings. The van der Waals surface area contributed by atoms with Gasteiger partial charge in [0, 0.05) is 5.88 Å². The summed E-state index contributed by atoms with van der Waals surface area (Å²) in [5, 5.41) is 8.17. The maximum atomic E-state index is 13.1. The van der Waals surface area contributed by atoms with E-state index in [9.17, 15) is 8.78 Å². The summed E-state index contributed by atoms with van der Waals surface area (Å²) in [5.41, 5.74) is 0.325. The molecule has 0 unspecified atom stereocenters. The molecule has 0 saturated carbocycles. The van der Waals surface area contributed by atoms with Crippen LogP contribution in [0.25, 0.3) is 0 Å². The van der Waals surface area contributed by atoms with Crippen LogP contribution in [0.15, 0.2) is 12.1 Å². The fourth-order valence-electron chi connectivity index (χ4n) is 0.932. The van der Waals surface area contributed by atoms with E-state index < -0.39 is 24.0 Å². The SMILES string of the molecule is N#CCOc1c(F)cc(CCl)cc1F. The van der Waals surface area contributed by atoms with Gasteiger partial charge in [0.1, 0.15) is 6.07 Å². The molecule has 1 aromatic carbocycles. The van der Waals surface area contributed by atoms with Crippen molar-refractivity contribution >= 4 is 11.6 Å². The van der Waals surface area contributed by atoms with Crippen molar-refractivity contribution in [2.24, 2.45) is 0 Å². The molecular formula is C9H6ClF2NO. The molecule has 0 heterocycles. The maximum absolute atomic E-state index is 13.1. The van der Waals surface area contributed by atoms with Crippen LogP contribution in [0.4, 0.5) is 8.78 Å². The average Bonchev–Trinajstić information content (AvgIpc) is 2.16. The van der Waals surface area contributed by atoms with Gasteiger partial charge >= 0.3 is 0 Å². The first kappa shape index (κ1) is 10.7. The molecule has 2 nitrogen and oxygen atoms in total. The molecule has 14 heavy (non-hydrogen) atoms. The van der Waals surface area contributed by atoms with Gasteiger partial charge in [0.25, 0.3) is 0 Å². The molecule has 5 heteroatoms. The third-order valence-electron chi connectivity index (χ3n) is 1.49. The summed E-state index contributed by atoms with van der Waals surface area (Å²) in [5.74, 6) is -2.22. The monoisotopic (exact) mass is 217 g/mol.